The number of fused-ring (bicyclic) bond motifs is 1. The summed E-state index contributed by atoms with van der Waals surface area (Å²) in [5, 5.41) is 13.0. The molecular weight excluding hydrogens is 376 g/mol. The fourth-order valence-corrected chi connectivity index (χ4v) is 3.75. The van der Waals surface area contributed by atoms with E-state index in [2.05, 4.69) is 5.32 Å². The van der Waals surface area contributed by atoms with Gasteiger partial charge in [0, 0.05) is 24.7 Å². The number of amidine groups is 1. The van der Waals surface area contributed by atoms with Crippen molar-refractivity contribution in [3.05, 3.63) is 71.8 Å². The van der Waals surface area contributed by atoms with Crippen LogP contribution in [0.3, 0.4) is 0 Å². The van der Waals surface area contributed by atoms with Gasteiger partial charge in [0.15, 0.2) is 0 Å². The number of benzene rings is 3. The first kappa shape index (κ1) is 19.9. The Morgan fingerprint density at radius 2 is 1.90 bits per heavy atom. The molecule has 1 amide bonds. The summed E-state index contributed by atoms with van der Waals surface area (Å²) in [6, 6.07) is 19.5. The molecule has 3 aromatic carbocycles. The van der Waals surface area contributed by atoms with Gasteiger partial charge < -0.3 is 20.7 Å². The molecule has 6 nitrogen and oxygen atoms in total. The van der Waals surface area contributed by atoms with Crippen LogP contribution in [0.15, 0.2) is 60.7 Å². The van der Waals surface area contributed by atoms with Crippen LogP contribution in [0.4, 0.5) is 5.69 Å². The number of nitrogens with zero attached hydrogens (tertiary/aromatic N) is 1. The fourth-order valence-electron chi connectivity index (χ4n) is 3.75. The Morgan fingerprint density at radius 3 is 2.57 bits per heavy atom. The number of carbonyl (C=O) groups excluding carboxylic acids is 1. The van der Waals surface area contributed by atoms with Gasteiger partial charge in [-0.15, -0.1) is 0 Å². The lowest BCUT2D eigenvalue weighted by atomic mass is 10.0. The lowest BCUT2D eigenvalue weighted by molar-refractivity contribution is -0.116. The minimum Gasteiger partial charge on any atom is -0.489 e. The van der Waals surface area contributed by atoms with Crippen molar-refractivity contribution in [2.24, 2.45) is 5.73 Å². The van der Waals surface area contributed by atoms with E-state index < -0.39 is 0 Å². The third-order valence-electron chi connectivity index (χ3n) is 5.40. The molecule has 1 unspecified atom stereocenters. The molecule has 1 atom stereocenters. The van der Waals surface area contributed by atoms with Crippen LogP contribution in [0.25, 0.3) is 10.8 Å². The zero-order valence-electron chi connectivity index (χ0n) is 17.0. The van der Waals surface area contributed by atoms with Gasteiger partial charge in [-0.2, -0.15) is 0 Å². The number of anilines is 1. The number of nitrogens with two attached hydrogens (primary N) is 1. The van der Waals surface area contributed by atoms with E-state index in [9.17, 15) is 4.79 Å². The Hall–Kier alpha value is -3.38. The topological polar surface area (TPSA) is 91.4 Å². The Balaban J connectivity index is 1.54. The quantitative estimate of drug-likeness (QED) is 0.435. The summed E-state index contributed by atoms with van der Waals surface area (Å²) < 4.78 is 5.97. The number of rotatable bonds is 6. The van der Waals surface area contributed by atoms with Gasteiger partial charge in [0.05, 0.1) is 6.54 Å². The number of hydrogen-bond acceptors (Lipinski definition) is 4. The van der Waals surface area contributed by atoms with Crippen molar-refractivity contribution in [1.29, 1.82) is 5.41 Å². The standard InChI is InChI=1S/C24H26N4O2/c1-16(29)28(21-6-8-22(9-7-21)30-23-10-11-27-14-23)15-17-2-3-18-4-5-19(24(25)26)13-20(18)12-17/h2-9,12-13,23,27H,10-11,14-15H2,1H3,(H3,25,26). The van der Waals surface area contributed by atoms with Crippen LogP contribution in [0.1, 0.15) is 24.5 Å². The molecule has 4 N–H and O–H groups in total. The zero-order chi connectivity index (χ0) is 21.1. The molecule has 1 saturated heterocycles. The molecule has 154 valence electrons. The average molecular weight is 402 g/mol. The lowest BCUT2D eigenvalue weighted by Gasteiger charge is -2.22. The molecular formula is C24H26N4O2. The molecule has 1 aliphatic rings. The van der Waals surface area contributed by atoms with Crippen LogP contribution >= 0.6 is 0 Å². The van der Waals surface area contributed by atoms with Crippen LogP contribution < -0.4 is 20.7 Å². The average Bonchev–Trinajstić information content (AvgIpc) is 3.25. The van der Waals surface area contributed by atoms with Gasteiger partial charge in [-0.25, -0.2) is 0 Å². The number of nitrogen functional groups attached to an aromatic ring is 1. The van der Waals surface area contributed by atoms with Gasteiger partial charge in [0.2, 0.25) is 5.91 Å². The highest BCUT2D eigenvalue weighted by atomic mass is 16.5. The number of carbonyl (C=O) groups is 1. The smallest absolute Gasteiger partial charge is 0.224 e. The summed E-state index contributed by atoms with van der Waals surface area (Å²) in [5.74, 6) is 0.836. The highest BCUT2D eigenvalue weighted by Gasteiger charge is 2.17. The second kappa shape index (κ2) is 8.55. The van der Waals surface area contributed by atoms with Crippen molar-refractivity contribution in [2.45, 2.75) is 26.0 Å². The highest BCUT2D eigenvalue weighted by Crippen LogP contribution is 2.25. The molecule has 0 aliphatic carbocycles. The van der Waals surface area contributed by atoms with E-state index in [4.69, 9.17) is 15.9 Å². The fraction of sp³-hybridized carbons (Fsp3) is 0.250. The van der Waals surface area contributed by atoms with Gasteiger partial charge in [0.25, 0.3) is 0 Å². The predicted octanol–water partition coefficient (Wildman–Crippen LogP) is 3.42. The molecule has 0 saturated carbocycles. The molecule has 0 aromatic heterocycles. The zero-order valence-corrected chi connectivity index (χ0v) is 17.0. The first-order valence-corrected chi connectivity index (χ1v) is 10.1. The lowest BCUT2D eigenvalue weighted by Crippen LogP contribution is -2.27. The summed E-state index contributed by atoms with van der Waals surface area (Å²) >= 11 is 0. The first-order chi connectivity index (χ1) is 14.5. The second-order valence-electron chi connectivity index (χ2n) is 7.64. The normalized spacial score (nSPS) is 15.8. The molecule has 30 heavy (non-hydrogen) atoms. The summed E-state index contributed by atoms with van der Waals surface area (Å²) in [6.45, 7) is 3.89. The SMILES string of the molecule is CC(=O)N(Cc1ccc2ccc(C(=N)N)cc2c1)c1ccc(OC2CCNC2)cc1. The number of nitrogens with one attached hydrogen (secondary N) is 2. The Morgan fingerprint density at radius 1 is 1.13 bits per heavy atom. The van der Waals surface area contributed by atoms with Crippen LogP contribution in [-0.4, -0.2) is 30.9 Å². The van der Waals surface area contributed by atoms with Gasteiger partial charge in [0.1, 0.15) is 17.7 Å². The van der Waals surface area contributed by atoms with E-state index in [1.807, 2.05) is 60.7 Å². The third-order valence-corrected chi connectivity index (χ3v) is 5.40. The van der Waals surface area contributed by atoms with Crippen LogP contribution in [0, 0.1) is 5.41 Å². The van der Waals surface area contributed by atoms with E-state index in [1.54, 1.807) is 11.8 Å². The van der Waals surface area contributed by atoms with Gasteiger partial charge in [-0.3, -0.25) is 10.2 Å². The minimum atomic E-state index is -0.0266. The van der Waals surface area contributed by atoms with Crippen molar-refractivity contribution >= 4 is 28.2 Å². The molecule has 1 fully saturated rings. The van der Waals surface area contributed by atoms with E-state index >= 15 is 0 Å². The first-order valence-electron chi connectivity index (χ1n) is 10.1. The van der Waals surface area contributed by atoms with Crippen molar-refractivity contribution in [3.8, 4) is 5.75 Å². The van der Waals surface area contributed by atoms with Crippen molar-refractivity contribution in [1.82, 2.24) is 5.32 Å². The molecule has 1 heterocycles. The number of amides is 1. The molecule has 0 bridgehead atoms. The predicted molar refractivity (Wildman–Crippen MR) is 120 cm³/mol. The molecule has 4 rings (SSSR count). The van der Waals surface area contributed by atoms with Gasteiger partial charge in [-0.1, -0.05) is 24.3 Å². The summed E-state index contributed by atoms with van der Waals surface area (Å²) in [4.78, 5) is 14.1. The van der Waals surface area contributed by atoms with Crippen LogP contribution in [0.5, 0.6) is 5.75 Å². The second-order valence-corrected chi connectivity index (χ2v) is 7.64. The van der Waals surface area contributed by atoms with E-state index in [1.165, 1.54) is 0 Å². The highest BCUT2D eigenvalue weighted by molar-refractivity contribution is 5.99. The summed E-state index contributed by atoms with van der Waals surface area (Å²) in [6.07, 6.45) is 1.21. The molecule has 0 spiro atoms. The van der Waals surface area contributed by atoms with Gasteiger partial charge in [-0.05, 0) is 65.7 Å². The number of hydrogen-bond donors (Lipinski definition) is 3. The van der Waals surface area contributed by atoms with Crippen molar-refractivity contribution in [3.63, 3.8) is 0 Å². The molecule has 0 radical (unpaired) electrons. The van der Waals surface area contributed by atoms with E-state index in [-0.39, 0.29) is 17.8 Å². The maximum Gasteiger partial charge on any atom is 0.224 e. The Labute approximate surface area is 176 Å². The Bertz CT molecular complexity index is 1070. The summed E-state index contributed by atoms with van der Waals surface area (Å²) in [7, 11) is 0. The third kappa shape index (κ3) is 4.44. The van der Waals surface area contributed by atoms with E-state index in [0.29, 0.717) is 12.1 Å². The molecule has 3 aromatic rings. The molecule has 6 heteroatoms. The minimum absolute atomic E-state index is 0.0266. The number of ether oxygens (including phenoxy) is 1. The van der Waals surface area contributed by atoms with Crippen LogP contribution in [-0.2, 0) is 11.3 Å². The van der Waals surface area contributed by atoms with Crippen molar-refractivity contribution in [2.75, 3.05) is 18.0 Å². The monoisotopic (exact) mass is 402 g/mol. The Kier molecular flexibility index (Phi) is 5.68. The maximum atomic E-state index is 12.4. The van der Waals surface area contributed by atoms with E-state index in [0.717, 1.165) is 47.3 Å². The van der Waals surface area contributed by atoms with Crippen molar-refractivity contribution < 1.29 is 9.53 Å². The summed E-state index contributed by atoms with van der Waals surface area (Å²) in [5.41, 5.74) is 8.15. The van der Waals surface area contributed by atoms with Gasteiger partial charge >= 0.3 is 0 Å². The molecule has 1 aliphatic heterocycles. The maximum absolute atomic E-state index is 12.4. The van der Waals surface area contributed by atoms with Crippen LogP contribution in [0.2, 0.25) is 0 Å². The largest absolute Gasteiger partial charge is 0.489 e.